The number of rotatable bonds is 3. The van der Waals surface area contributed by atoms with E-state index in [4.69, 9.17) is 4.74 Å². The van der Waals surface area contributed by atoms with Gasteiger partial charge in [-0.25, -0.2) is 9.97 Å². The first-order valence-electron chi connectivity index (χ1n) is 6.40. The summed E-state index contributed by atoms with van der Waals surface area (Å²) >= 11 is 3.48. The quantitative estimate of drug-likeness (QED) is 0.811. The summed E-state index contributed by atoms with van der Waals surface area (Å²) in [6, 6.07) is 5.63. The monoisotopic (exact) mass is 332 g/mol. The molecule has 0 bridgehead atoms. The number of halogens is 1. The molecule has 0 fully saturated rings. The van der Waals surface area contributed by atoms with Crippen LogP contribution in [-0.2, 0) is 12.8 Å². The molecule has 4 nitrogen and oxygen atoms in total. The van der Waals surface area contributed by atoms with Gasteiger partial charge in [-0.3, -0.25) is 4.79 Å². The Hall–Kier alpha value is -1.75. The van der Waals surface area contributed by atoms with Gasteiger partial charge >= 0.3 is 0 Å². The van der Waals surface area contributed by atoms with Crippen LogP contribution in [0.25, 0.3) is 0 Å². The van der Waals surface area contributed by atoms with Crippen molar-refractivity contribution in [2.24, 2.45) is 0 Å². The first-order valence-corrected chi connectivity index (χ1v) is 7.20. The van der Waals surface area contributed by atoms with Crippen LogP contribution < -0.4 is 4.74 Å². The molecule has 3 rings (SSSR count). The second kappa shape index (κ2) is 5.32. The molecule has 1 aromatic carbocycles. The molecule has 0 unspecified atom stereocenters. The van der Waals surface area contributed by atoms with Gasteiger partial charge in [0.05, 0.1) is 6.61 Å². The van der Waals surface area contributed by atoms with Gasteiger partial charge in [0.1, 0.15) is 17.3 Å². The fourth-order valence-electron chi connectivity index (χ4n) is 2.35. The van der Waals surface area contributed by atoms with Gasteiger partial charge in [-0.15, -0.1) is 0 Å². The summed E-state index contributed by atoms with van der Waals surface area (Å²) in [7, 11) is 0. The van der Waals surface area contributed by atoms with E-state index in [0.717, 1.165) is 27.8 Å². The molecule has 0 saturated heterocycles. The lowest BCUT2D eigenvalue weighted by Gasteiger charge is -2.08. The first-order chi connectivity index (χ1) is 9.63. The maximum Gasteiger partial charge on any atom is 0.185 e. The maximum atomic E-state index is 12.3. The average Bonchev–Trinajstić information content (AvgIpc) is 2.86. The van der Waals surface area contributed by atoms with E-state index < -0.39 is 0 Å². The Labute approximate surface area is 125 Å². The minimum Gasteiger partial charge on any atom is -0.493 e. The predicted molar refractivity (Wildman–Crippen MR) is 78.1 cm³/mol. The van der Waals surface area contributed by atoms with Gasteiger partial charge in [-0.05, 0) is 30.7 Å². The highest BCUT2D eigenvalue weighted by atomic mass is 79.9. The van der Waals surface area contributed by atoms with Crippen LogP contribution in [0.2, 0.25) is 0 Å². The zero-order valence-electron chi connectivity index (χ0n) is 11.0. The minimum atomic E-state index is -0.0219. The number of aromatic nitrogens is 2. The van der Waals surface area contributed by atoms with Crippen LogP contribution in [0.4, 0.5) is 0 Å². The lowest BCUT2D eigenvalue weighted by molar-refractivity contribution is 0.0987. The van der Waals surface area contributed by atoms with Crippen LogP contribution in [0, 0.1) is 6.92 Å². The van der Waals surface area contributed by atoms with E-state index in [2.05, 4.69) is 25.9 Å². The molecular formula is C15H13BrN2O2. The Kier molecular flexibility index (Phi) is 3.53. The molecule has 20 heavy (non-hydrogen) atoms. The van der Waals surface area contributed by atoms with Gasteiger partial charge in [0, 0.05) is 29.1 Å². The van der Waals surface area contributed by atoms with Crippen molar-refractivity contribution in [1.29, 1.82) is 0 Å². The van der Waals surface area contributed by atoms with Crippen LogP contribution >= 0.6 is 15.9 Å². The summed E-state index contributed by atoms with van der Waals surface area (Å²) in [5, 5.41) is 0. The number of carbonyl (C=O) groups is 1. The smallest absolute Gasteiger partial charge is 0.185 e. The summed E-state index contributed by atoms with van der Waals surface area (Å²) in [6.45, 7) is 2.45. The molecule has 0 N–H and O–H groups in total. The van der Waals surface area contributed by atoms with Gasteiger partial charge < -0.3 is 4.74 Å². The molecule has 0 radical (unpaired) electrons. The largest absolute Gasteiger partial charge is 0.493 e. The number of aryl methyl sites for hydroxylation is 1. The normalized spacial score (nSPS) is 12.9. The van der Waals surface area contributed by atoms with E-state index in [1.165, 1.54) is 0 Å². The van der Waals surface area contributed by atoms with Crippen molar-refractivity contribution in [1.82, 2.24) is 9.97 Å². The van der Waals surface area contributed by atoms with Crippen molar-refractivity contribution in [3.05, 3.63) is 51.5 Å². The number of benzene rings is 1. The van der Waals surface area contributed by atoms with Crippen LogP contribution in [-0.4, -0.2) is 22.4 Å². The molecule has 1 aromatic heterocycles. The number of fused-ring (bicyclic) bond motifs is 1. The fourth-order valence-corrected chi connectivity index (χ4v) is 2.91. The second-order valence-corrected chi connectivity index (χ2v) is 5.66. The summed E-state index contributed by atoms with van der Waals surface area (Å²) in [4.78, 5) is 20.5. The molecular weight excluding hydrogens is 320 g/mol. The Morgan fingerprint density at radius 3 is 3.10 bits per heavy atom. The highest BCUT2D eigenvalue weighted by molar-refractivity contribution is 9.10. The van der Waals surface area contributed by atoms with Gasteiger partial charge in [0.2, 0.25) is 0 Å². The summed E-state index contributed by atoms with van der Waals surface area (Å²) < 4.78 is 6.61. The molecule has 2 aromatic rings. The minimum absolute atomic E-state index is 0.0219. The topological polar surface area (TPSA) is 52.1 Å². The summed E-state index contributed by atoms with van der Waals surface area (Å²) in [5.41, 5.74) is 2.51. The molecule has 102 valence electrons. The van der Waals surface area contributed by atoms with E-state index in [9.17, 15) is 4.79 Å². The third-order valence-corrected chi connectivity index (χ3v) is 3.70. The van der Waals surface area contributed by atoms with Crippen molar-refractivity contribution in [3.8, 4) is 5.75 Å². The number of nitrogens with zero attached hydrogens (tertiary/aromatic N) is 2. The molecule has 0 spiro atoms. The van der Waals surface area contributed by atoms with Crippen LogP contribution in [0.1, 0.15) is 27.4 Å². The average molecular weight is 333 g/mol. The zero-order chi connectivity index (χ0) is 14.1. The van der Waals surface area contributed by atoms with Crippen molar-refractivity contribution < 1.29 is 9.53 Å². The molecule has 1 aliphatic rings. The Morgan fingerprint density at radius 1 is 1.45 bits per heavy atom. The van der Waals surface area contributed by atoms with Gasteiger partial charge in [-0.2, -0.15) is 0 Å². The van der Waals surface area contributed by atoms with Crippen LogP contribution in [0.3, 0.4) is 0 Å². The molecule has 1 aliphatic heterocycles. The van der Waals surface area contributed by atoms with E-state index in [1.807, 2.05) is 12.1 Å². The lowest BCUT2D eigenvalue weighted by Crippen LogP contribution is -2.08. The second-order valence-electron chi connectivity index (χ2n) is 4.74. The van der Waals surface area contributed by atoms with Crippen molar-refractivity contribution in [3.63, 3.8) is 0 Å². The lowest BCUT2D eigenvalue weighted by atomic mass is 10.0. The number of ether oxygens (including phenoxy) is 1. The summed E-state index contributed by atoms with van der Waals surface area (Å²) in [5.74, 6) is 1.44. The Morgan fingerprint density at radius 2 is 2.30 bits per heavy atom. The maximum absolute atomic E-state index is 12.3. The molecule has 0 saturated carbocycles. The molecule has 0 aliphatic carbocycles. The van der Waals surface area contributed by atoms with Crippen molar-refractivity contribution >= 4 is 21.7 Å². The Bertz CT molecular complexity index is 686. The third kappa shape index (κ3) is 2.58. The molecule has 2 heterocycles. The SMILES string of the molecule is Cc1nccc(C(=O)Cc2cc(Br)cc3c2OCC3)n1. The highest BCUT2D eigenvalue weighted by Crippen LogP contribution is 2.33. The number of Topliss-reactive ketones (excluding diaryl/α,β-unsaturated/α-hetero) is 1. The van der Waals surface area contributed by atoms with E-state index in [0.29, 0.717) is 18.1 Å². The third-order valence-electron chi connectivity index (χ3n) is 3.24. The van der Waals surface area contributed by atoms with Crippen LogP contribution in [0.5, 0.6) is 5.75 Å². The van der Waals surface area contributed by atoms with Crippen molar-refractivity contribution in [2.75, 3.05) is 6.61 Å². The summed E-state index contributed by atoms with van der Waals surface area (Å²) in [6.07, 6.45) is 2.79. The standard InChI is InChI=1S/C15H13BrN2O2/c1-9-17-4-2-13(18-9)14(19)8-11-7-12(16)6-10-3-5-20-15(10)11/h2,4,6-7H,3,5,8H2,1H3. The van der Waals surface area contributed by atoms with E-state index in [1.54, 1.807) is 19.2 Å². The number of hydrogen-bond acceptors (Lipinski definition) is 4. The van der Waals surface area contributed by atoms with Gasteiger partial charge in [0.15, 0.2) is 5.78 Å². The van der Waals surface area contributed by atoms with Gasteiger partial charge in [0.25, 0.3) is 0 Å². The number of carbonyl (C=O) groups excluding carboxylic acids is 1. The first kappa shape index (κ1) is 13.2. The molecule has 0 amide bonds. The van der Waals surface area contributed by atoms with Crippen LogP contribution in [0.15, 0.2) is 28.9 Å². The fraction of sp³-hybridized carbons (Fsp3) is 0.267. The van der Waals surface area contributed by atoms with E-state index in [-0.39, 0.29) is 12.2 Å². The number of ketones is 1. The molecule has 5 heteroatoms. The van der Waals surface area contributed by atoms with E-state index >= 15 is 0 Å². The van der Waals surface area contributed by atoms with Crippen molar-refractivity contribution in [2.45, 2.75) is 19.8 Å². The van der Waals surface area contributed by atoms with Gasteiger partial charge in [-0.1, -0.05) is 15.9 Å². The molecule has 0 atom stereocenters. The highest BCUT2D eigenvalue weighted by Gasteiger charge is 2.20. The predicted octanol–water partition coefficient (Wildman–Crippen LogP) is 2.91. The Balaban J connectivity index is 1.90. The zero-order valence-corrected chi connectivity index (χ0v) is 12.6. The number of hydrogen-bond donors (Lipinski definition) is 0.